The number of hydrogen-bond acceptors (Lipinski definition) is 3. The summed E-state index contributed by atoms with van der Waals surface area (Å²) in [5, 5.41) is 0. The number of ketones is 1. The van der Waals surface area contributed by atoms with Crippen LogP contribution in [0.15, 0.2) is 0 Å². The molecule has 0 aromatic heterocycles. The highest BCUT2D eigenvalue weighted by Gasteiger charge is 2.18. The average Bonchev–Trinajstić information content (AvgIpc) is 2.37. The zero-order valence-electron chi connectivity index (χ0n) is 13.2. The smallest absolute Gasteiger partial charge is 0.143 e. The minimum absolute atomic E-state index is 0.291. The molecule has 0 bridgehead atoms. The highest BCUT2D eigenvalue weighted by molar-refractivity contribution is 5.77. The molecule has 1 saturated heterocycles. The predicted octanol–water partition coefficient (Wildman–Crippen LogP) is 2.80. The topological polar surface area (TPSA) is 23.6 Å². The summed E-state index contributed by atoms with van der Waals surface area (Å²) in [5.41, 5.74) is 0. The van der Waals surface area contributed by atoms with E-state index in [-0.39, 0.29) is 0 Å². The molecule has 0 aliphatic carbocycles. The second kappa shape index (κ2) is 9.49. The molecule has 1 rings (SSSR count). The SMILES string of the molecule is CCCC(CCC)CCN1CCN(CC(C)=O)CC1. The molecule has 0 atom stereocenters. The lowest BCUT2D eigenvalue weighted by Gasteiger charge is -2.34. The Hall–Kier alpha value is -0.410. The normalized spacial score (nSPS) is 18.1. The molecule has 0 aromatic rings. The second-order valence-electron chi connectivity index (χ2n) is 6.05. The van der Waals surface area contributed by atoms with Crippen LogP contribution in [0.3, 0.4) is 0 Å². The molecule has 112 valence electrons. The van der Waals surface area contributed by atoms with Crippen molar-refractivity contribution in [3.8, 4) is 0 Å². The maximum Gasteiger partial charge on any atom is 0.143 e. The first kappa shape index (κ1) is 16.6. The van der Waals surface area contributed by atoms with E-state index >= 15 is 0 Å². The molecule has 1 aliphatic heterocycles. The van der Waals surface area contributed by atoms with Gasteiger partial charge in [0, 0.05) is 26.2 Å². The fourth-order valence-electron chi connectivity index (χ4n) is 3.10. The van der Waals surface area contributed by atoms with E-state index < -0.39 is 0 Å². The summed E-state index contributed by atoms with van der Waals surface area (Å²) in [6, 6.07) is 0. The number of carbonyl (C=O) groups excluding carboxylic acids is 1. The highest BCUT2D eigenvalue weighted by Crippen LogP contribution is 2.18. The number of hydrogen-bond donors (Lipinski definition) is 0. The molecule has 0 N–H and O–H groups in total. The lowest BCUT2D eigenvalue weighted by molar-refractivity contribution is -0.118. The van der Waals surface area contributed by atoms with Gasteiger partial charge in [0.1, 0.15) is 5.78 Å². The van der Waals surface area contributed by atoms with Crippen LogP contribution in [-0.2, 0) is 4.79 Å². The third-order valence-corrected chi connectivity index (χ3v) is 4.16. The van der Waals surface area contributed by atoms with Gasteiger partial charge in [-0.25, -0.2) is 0 Å². The molecule has 0 saturated carbocycles. The molecular weight excluding hydrogens is 236 g/mol. The molecule has 0 spiro atoms. The predicted molar refractivity (Wildman–Crippen MR) is 81.5 cm³/mol. The zero-order valence-corrected chi connectivity index (χ0v) is 13.2. The van der Waals surface area contributed by atoms with E-state index in [2.05, 4.69) is 23.6 Å². The summed E-state index contributed by atoms with van der Waals surface area (Å²) in [7, 11) is 0. The number of nitrogens with zero attached hydrogens (tertiary/aromatic N) is 2. The fourth-order valence-corrected chi connectivity index (χ4v) is 3.10. The summed E-state index contributed by atoms with van der Waals surface area (Å²) >= 11 is 0. The maximum absolute atomic E-state index is 11.1. The molecule has 0 aromatic carbocycles. The number of piperazine rings is 1. The fraction of sp³-hybridized carbons (Fsp3) is 0.938. The van der Waals surface area contributed by atoms with Crippen molar-refractivity contribution in [3.05, 3.63) is 0 Å². The highest BCUT2D eigenvalue weighted by atomic mass is 16.1. The van der Waals surface area contributed by atoms with Gasteiger partial charge in [0.15, 0.2) is 0 Å². The molecule has 0 amide bonds. The van der Waals surface area contributed by atoms with Crippen molar-refractivity contribution in [2.45, 2.75) is 52.9 Å². The van der Waals surface area contributed by atoms with Crippen LogP contribution in [0.4, 0.5) is 0 Å². The Morgan fingerprint density at radius 3 is 1.95 bits per heavy atom. The third kappa shape index (κ3) is 7.07. The van der Waals surface area contributed by atoms with Crippen LogP contribution < -0.4 is 0 Å². The van der Waals surface area contributed by atoms with Crippen LogP contribution >= 0.6 is 0 Å². The minimum atomic E-state index is 0.291. The molecule has 3 nitrogen and oxygen atoms in total. The minimum Gasteiger partial charge on any atom is -0.301 e. The Bertz CT molecular complexity index is 241. The number of rotatable bonds is 9. The molecule has 3 heteroatoms. The first-order chi connectivity index (χ1) is 9.15. The Kier molecular flexibility index (Phi) is 8.31. The van der Waals surface area contributed by atoms with E-state index in [1.165, 1.54) is 38.6 Å². The summed E-state index contributed by atoms with van der Waals surface area (Å²) in [6.45, 7) is 12.6. The molecule has 1 aliphatic rings. The van der Waals surface area contributed by atoms with Gasteiger partial charge in [-0.1, -0.05) is 39.5 Å². The Morgan fingerprint density at radius 1 is 0.947 bits per heavy atom. The van der Waals surface area contributed by atoms with Crippen molar-refractivity contribution in [2.24, 2.45) is 5.92 Å². The Balaban J connectivity index is 2.19. The van der Waals surface area contributed by atoms with Gasteiger partial charge in [-0.15, -0.1) is 0 Å². The molecule has 0 unspecified atom stereocenters. The van der Waals surface area contributed by atoms with Crippen LogP contribution in [-0.4, -0.2) is 54.9 Å². The summed E-state index contributed by atoms with van der Waals surface area (Å²) in [4.78, 5) is 16.0. The van der Waals surface area contributed by atoms with Crippen LogP contribution in [0.1, 0.15) is 52.9 Å². The van der Waals surface area contributed by atoms with Gasteiger partial charge in [-0.05, 0) is 25.8 Å². The Morgan fingerprint density at radius 2 is 1.47 bits per heavy atom. The van der Waals surface area contributed by atoms with Gasteiger partial charge >= 0.3 is 0 Å². The van der Waals surface area contributed by atoms with E-state index in [9.17, 15) is 4.79 Å². The van der Waals surface area contributed by atoms with Gasteiger partial charge in [-0.2, -0.15) is 0 Å². The van der Waals surface area contributed by atoms with Crippen molar-refractivity contribution >= 4 is 5.78 Å². The molecule has 1 fully saturated rings. The van der Waals surface area contributed by atoms with E-state index in [0.717, 1.165) is 32.1 Å². The van der Waals surface area contributed by atoms with Gasteiger partial charge in [0.25, 0.3) is 0 Å². The van der Waals surface area contributed by atoms with E-state index in [1.54, 1.807) is 6.92 Å². The van der Waals surface area contributed by atoms with E-state index in [1.807, 2.05) is 0 Å². The summed E-state index contributed by atoms with van der Waals surface area (Å²) in [5.74, 6) is 1.21. The largest absolute Gasteiger partial charge is 0.301 e. The first-order valence-electron chi connectivity index (χ1n) is 8.09. The molecule has 1 heterocycles. The lowest BCUT2D eigenvalue weighted by atomic mass is 9.94. The Labute approximate surface area is 119 Å². The van der Waals surface area contributed by atoms with Crippen LogP contribution in [0.25, 0.3) is 0 Å². The standard InChI is InChI=1S/C16H32N2O/c1-4-6-16(7-5-2)8-9-17-10-12-18(13-11-17)14-15(3)19/h16H,4-14H2,1-3H3. The monoisotopic (exact) mass is 268 g/mol. The summed E-state index contributed by atoms with van der Waals surface area (Å²) in [6.07, 6.45) is 6.76. The third-order valence-electron chi connectivity index (χ3n) is 4.16. The van der Waals surface area contributed by atoms with Gasteiger partial charge < -0.3 is 4.90 Å². The van der Waals surface area contributed by atoms with Gasteiger partial charge in [0.05, 0.1) is 6.54 Å². The van der Waals surface area contributed by atoms with Crippen molar-refractivity contribution in [1.82, 2.24) is 9.80 Å². The van der Waals surface area contributed by atoms with Crippen LogP contribution in [0.2, 0.25) is 0 Å². The number of Topliss-reactive ketones (excluding diaryl/α,β-unsaturated/α-hetero) is 1. The first-order valence-corrected chi connectivity index (χ1v) is 8.09. The molecule has 19 heavy (non-hydrogen) atoms. The van der Waals surface area contributed by atoms with Crippen molar-refractivity contribution in [2.75, 3.05) is 39.3 Å². The quantitative estimate of drug-likeness (QED) is 0.642. The van der Waals surface area contributed by atoms with Gasteiger partial charge in [-0.3, -0.25) is 9.69 Å². The van der Waals surface area contributed by atoms with Crippen molar-refractivity contribution in [1.29, 1.82) is 0 Å². The zero-order chi connectivity index (χ0) is 14.1. The maximum atomic E-state index is 11.1. The molecular formula is C16H32N2O. The summed E-state index contributed by atoms with van der Waals surface area (Å²) < 4.78 is 0. The van der Waals surface area contributed by atoms with E-state index in [4.69, 9.17) is 0 Å². The lowest BCUT2D eigenvalue weighted by Crippen LogP contribution is -2.48. The second-order valence-corrected chi connectivity index (χ2v) is 6.05. The van der Waals surface area contributed by atoms with Crippen LogP contribution in [0, 0.1) is 5.92 Å². The number of carbonyl (C=O) groups is 1. The molecule has 0 radical (unpaired) electrons. The van der Waals surface area contributed by atoms with Crippen LogP contribution in [0.5, 0.6) is 0 Å². The van der Waals surface area contributed by atoms with E-state index in [0.29, 0.717) is 12.3 Å². The van der Waals surface area contributed by atoms with Crippen molar-refractivity contribution < 1.29 is 4.79 Å². The average molecular weight is 268 g/mol. The van der Waals surface area contributed by atoms with Crippen molar-refractivity contribution in [3.63, 3.8) is 0 Å². The van der Waals surface area contributed by atoms with Gasteiger partial charge in [0.2, 0.25) is 0 Å².